The predicted octanol–water partition coefficient (Wildman–Crippen LogP) is 3.29. The van der Waals surface area contributed by atoms with Gasteiger partial charge in [0.05, 0.1) is 0 Å². The van der Waals surface area contributed by atoms with Crippen LogP contribution in [0.5, 0.6) is 0 Å². The van der Waals surface area contributed by atoms with Crippen molar-refractivity contribution in [3.63, 3.8) is 0 Å². The monoisotopic (exact) mass is 294 g/mol. The first kappa shape index (κ1) is 15.4. The van der Waals surface area contributed by atoms with Crippen LogP contribution in [-0.2, 0) is 10.1 Å². The van der Waals surface area contributed by atoms with Crippen molar-refractivity contribution in [2.75, 3.05) is 0 Å². The Morgan fingerprint density at radius 2 is 1.50 bits per heavy atom. The summed E-state index contributed by atoms with van der Waals surface area (Å²) in [6.45, 7) is 0. The molecule has 1 saturated carbocycles. The lowest BCUT2D eigenvalue weighted by atomic mass is 9.83. The van der Waals surface area contributed by atoms with Crippen molar-refractivity contribution in [1.82, 2.24) is 0 Å². The van der Waals surface area contributed by atoms with Crippen molar-refractivity contribution in [3.8, 4) is 0 Å². The van der Waals surface area contributed by atoms with Gasteiger partial charge >= 0.3 is 12.0 Å². The van der Waals surface area contributed by atoms with Crippen LogP contribution < -0.4 is 0 Å². The molecule has 18 heavy (non-hydrogen) atoms. The molecule has 1 aliphatic carbocycles. The number of hydrogen-bond donors (Lipinski definition) is 1. The van der Waals surface area contributed by atoms with Crippen LogP contribution in [0.25, 0.3) is 0 Å². The molecule has 0 atom stereocenters. The van der Waals surface area contributed by atoms with Gasteiger partial charge in [0.1, 0.15) is 0 Å². The van der Waals surface area contributed by atoms with Crippen LogP contribution in [0.1, 0.15) is 32.1 Å². The fourth-order valence-electron chi connectivity index (χ4n) is 2.18. The Hall–Kier alpha value is -0.700. The van der Waals surface area contributed by atoms with Crippen molar-refractivity contribution in [2.24, 2.45) is 0 Å². The highest BCUT2D eigenvalue weighted by Crippen LogP contribution is 2.50. The van der Waals surface area contributed by atoms with E-state index in [2.05, 4.69) is 0 Å². The van der Waals surface area contributed by atoms with Crippen molar-refractivity contribution in [3.05, 3.63) is 11.9 Å². The number of rotatable bonds is 3. The van der Waals surface area contributed by atoms with Crippen LogP contribution in [0.15, 0.2) is 11.9 Å². The molecule has 1 fully saturated rings. The second kappa shape index (κ2) is 4.76. The molecule has 0 bridgehead atoms. The van der Waals surface area contributed by atoms with E-state index in [9.17, 15) is 30.4 Å². The van der Waals surface area contributed by atoms with Gasteiger partial charge in [0.15, 0.2) is 4.75 Å². The molecule has 0 spiro atoms. The summed E-state index contributed by atoms with van der Waals surface area (Å²) >= 11 is 0. The van der Waals surface area contributed by atoms with Crippen LogP contribution in [0, 0.1) is 0 Å². The van der Waals surface area contributed by atoms with Crippen LogP contribution in [0.2, 0.25) is 0 Å². The number of allylic oxidation sites excluding steroid dienone is 1. The average molecular weight is 294 g/mol. The molecule has 0 aromatic heterocycles. The SMILES string of the molecule is O=S(=O)(O)C1(C(F)(F)C(F)=C(F)F)CCCCC1. The summed E-state index contributed by atoms with van der Waals surface area (Å²) in [4.78, 5) is 0. The summed E-state index contributed by atoms with van der Waals surface area (Å²) < 4.78 is 92.1. The molecule has 9 heteroatoms. The predicted molar refractivity (Wildman–Crippen MR) is 52.7 cm³/mol. The lowest BCUT2D eigenvalue weighted by molar-refractivity contribution is -0.0462. The van der Waals surface area contributed by atoms with Crippen molar-refractivity contribution >= 4 is 10.1 Å². The normalized spacial score (nSPS) is 20.6. The molecule has 1 aliphatic rings. The molecule has 0 heterocycles. The van der Waals surface area contributed by atoms with Gasteiger partial charge in [0, 0.05) is 0 Å². The maximum absolute atomic E-state index is 13.7. The van der Waals surface area contributed by atoms with E-state index in [1.165, 1.54) is 0 Å². The molecule has 0 aliphatic heterocycles. The topological polar surface area (TPSA) is 54.4 Å². The largest absolute Gasteiger partial charge is 0.325 e. The Labute approximate surface area is 100 Å². The molecule has 0 unspecified atom stereocenters. The van der Waals surface area contributed by atoms with Gasteiger partial charge in [0.25, 0.3) is 10.1 Å². The van der Waals surface area contributed by atoms with E-state index in [0.29, 0.717) is 6.42 Å². The fourth-order valence-corrected chi connectivity index (χ4v) is 3.39. The van der Waals surface area contributed by atoms with Crippen LogP contribution >= 0.6 is 0 Å². The first-order chi connectivity index (χ1) is 8.06. The zero-order chi connectivity index (χ0) is 14.2. The Kier molecular flexibility index (Phi) is 4.06. The zero-order valence-electron chi connectivity index (χ0n) is 9.10. The molecule has 3 nitrogen and oxygen atoms in total. The third kappa shape index (κ3) is 2.25. The zero-order valence-corrected chi connectivity index (χ0v) is 9.91. The van der Waals surface area contributed by atoms with Crippen molar-refractivity contribution in [1.29, 1.82) is 0 Å². The highest BCUT2D eigenvalue weighted by Gasteiger charge is 2.65. The minimum absolute atomic E-state index is 0.0173. The van der Waals surface area contributed by atoms with E-state index < -0.39 is 45.5 Å². The van der Waals surface area contributed by atoms with E-state index >= 15 is 0 Å². The minimum atomic E-state index is -5.38. The second-order valence-electron chi connectivity index (χ2n) is 4.18. The second-order valence-corrected chi connectivity index (χ2v) is 5.91. The highest BCUT2D eigenvalue weighted by atomic mass is 32.2. The van der Waals surface area contributed by atoms with Crippen molar-refractivity contribution in [2.45, 2.75) is 42.8 Å². The van der Waals surface area contributed by atoms with Gasteiger partial charge in [-0.15, -0.1) is 0 Å². The van der Waals surface area contributed by atoms with E-state index in [1.54, 1.807) is 0 Å². The first-order valence-electron chi connectivity index (χ1n) is 5.12. The molecule has 1 N–H and O–H groups in total. The van der Waals surface area contributed by atoms with Gasteiger partial charge in [-0.3, -0.25) is 4.55 Å². The third-order valence-corrected chi connectivity index (χ3v) is 4.82. The van der Waals surface area contributed by atoms with Gasteiger partial charge in [-0.05, 0) is 12.8 Å². The Morgan fingerprint density at radius 1 is 1.06 bits per heavy atom. The molecule has 1 rings (SSSR count). The third-order valence-electron chi connectivity index (χ3n) is 3.17. The van der Waals surface area contributed by atoms with Gasteiger partial charge in [-0.25, -0.2) is 0 Å². The molecular weight excluding hydrogens is 283 g/mol. The minimum Gasteiger partial charge on any atom is -0.285 e. The van der Waals surface area contributed by atoms with Gasteiger partial charge in [-0.1, -0.05) is 19.3 Å². The van der Waals surface area contributed by atoms with E-state index in [4.69, 9.17) is 4.55 Å². The molecule has 0 radical (unpaired) electrons. The summed E-state index contributed by atoms with van der Waals surface area (Å²) in [6.07, 6.45) is -4.43. The molecule has 0 aromatic carbocycles. The lowest BCUT2D eigenvalue weighted by Gasteiger charge is -2.38. The first-order valence-corrected chi connectivity index (χ1v) is 6.56. The number of halogens is 5. The average Bonchev–Trinajstić information content (AvgIpc) is 2.27. The number of hydrogen-bond acceptors (Lipinski definition) is 2. The molecular formula is C9H11F5O3S. The Bertz CT molecular complexity index is 447. The quantitative estimate of drug-likeness (QED) is 0.642. The van der Waals surface area contributed by atoms with E-state index in [1.807, 2.05) is 0 Å². The Morgan fingerprint density at radius 3 is 1.83 bits per heavy atom. The maximum atomic E-state index is 13.7. The van der Waals surface area contributed by atoms with Gasteiger partial charge in [0.2, 0.25) is 5.83 Å². The summed E-state index contributed by atoms with van der Waals surface area (Å²) in [7, 11) is -5.38. The summed E-state index contributed by atoms with van der Waals surface area (Å²) in [5.74, 6) is -8.04. The van der Waals surface area contributed by atoms with Crippen molar-refractivity contribution < 1.29 is 34.9 Å². The number of alkyl halides is 2. The van der Waals surface area contributed by atoms with Gasteiger partial charge < -0.3 is 0 Å². The maximum Gasteiger partial charge on any atom is 0.325 e. The lowest BCUT2D eigenvalue weighted by Crippen LogP contribution is -2.55. The molecule has 0 aromatic rings. The summed E-state index contributed by atoms with van der Waals surface area (Å²) in [5, 5.41) is 0. The van der Waals surface area contributed by atoms with E-state index in [-0.39, 0.29) is 12.8 Å². The molecule has 0 saturated heterocycles. The smallest absolute Gasteiger partial charge is 0.285 e. The van der Waals surface area contributed by atoms with E-state index in [0.717, 1.165) is 0 Å². The standard InChI is InChI=1S/C9H11F5O3S/c10-6(7(11)12)9(13,14)8(18(15,16)17)4-2-1-3-5-8/h1-5H2,(H,15,16,17). The van der Waals surface area contributed by atoms with Crippen LogP contribution in [0.3, 0.4) is 0 Å². The van der Waals surface area contributed by atoms with Gasteiger partial charge in [-0.2, -0.15) is 30.4 Å². The van der Waals surface area contributed by atoms with Crippen LogP contribution in [0.4, 0.5) is 22.0 Å². The summed E-state index contributed by atoms with van der Waals surface area (Å²) in [6, 6.07) is 0. The highest BCUT2D eigenvalue weighted by molar-refractivity contribution is 7.87. The molecule has 106 valence electrons. The van der Waals surface area contributed by atoms with Crippen LogP contribution in [-0.4, -0.2) is 23.6 Å². The molecule has 0 amide bonds. The fraction of sp³-hybridized carbons (Fsp3) is 0.778. The Balaban J connectivity index is 3.41. The summed E-state index contributed by atoms with van der Waals surface area (Å²) in [5.41, 5.74) is 0.